The lowest BCUT2D eigenvalue weighted by Gasteiger charge is -2.12. The van der Waals surface area contributed by atoms with Gasteiger partial charge in [0.25, 0.3) is 0 Å². The Labute approximate surface area is 221 Å². The third-order valence-corrected chi connectivity index (χ3v) is 7.64. The van der Waals surface area contributed by atoms with Crippen LogP contribution in [0.15, 0.2) is 72.8 Å². The van der Waals surface area contributed by atoms with Crippen LogP contribution in [-0.2, 0) is 6.18 Å². The summed E-state index contributed by atoms with van der Waals surface area (Å²) in [5.41, 5.74) is 4.20. The second-order valence-corrected chi connectivity index (χ2v) is 9.77. The molecule has 7 heteroatoms. The van der Waals surface area contributed by atoms with Gasteiger partial charge < -0.3 is 0 Å². The van der Waals surface area contributed by atoms with Crippen molar-refractivity contribution in [2.24, 2.45) is 0 Å². The van der Waals surface area contributed by atoms with Crippen LogP contribution < -0.4 is 0 Å². The Kier molecular flexibility index (Phi) is 5.31. The van der Waals surface area contributed by atoms with Gasteiger partial charge in [-0.3, -0.25) is 9.59 Å². The molecule has 0 aromatic heterocycles. The topological polar surface area (TPSA) is 62.3 Å². The van der Waals surface area contributed by atoms with Crippen molar-refractivity contribution >= 4 is 17.3 Å². The first-order valence-electron chi connectivity index (χ1n) is 12.1. The van der Waals surface area contributed by atoms with E-state index in [9.17, 15) is 22.8 Å². The number of nitriles is 1. The molecular weight excluding hydrogens is 501 g/mol. The fourth-order valence-electron chi connectivity index (χ4n) is 5.74. The van der Waals surface area contributed by atoms with Crippen molar-refractivity contribution in [3.8, 4) is 28.3 Å². The number of halogens is 3. The molecule has 6 rings (SSSR count). The zero-order valence-corrected chi connectivity index (χ0v) is 20.4. The van der Waals surface area contributed by atoms with E-state index in [1.807, 2.05) is 25.1 Å². The average molecular weight is 518 g/mol. The molecule has 0 heterocycles. The zero-order chi connectivity index (χ0) is 27.6. The van der Waals surface area contributed by atoms with Gasteiger partial charge in [-0.1, -0.05) is 48.5 Å². The SMILES string of the molecule is [C-]#[N+]c1ccc(-c2ccc3c(c2)C(=O)C2c4ccc(-c5ccc(C#N)c(C(F)(F)F)c5)cc4C(=O)C32)cc1C. The minimum absolute atomic E-state index is 0.163. The van der Waals surface area contributed by atoms with Gasteiger partial charge in [0.15, 0.2) is 17.3 Å². The Hall–Kier alpha value is -5.01. The number of hydrogen-bond acceptors (Lipinski definition) is 3. The van der Waals surface area contributed by atoms with Gasteiger partial charge in [-0.15, -0.1) is 0 Å². The van der Waals surface area contributed by atoms with E-state index in [2.05, 4.69) is 4.85 Å². The summed E-state index contributed by atoms with van der Waals surface area (Å²) in [6, 6.07) is 20.7. The fourth-order valence-corrected chi connectivity index (χ4v) is 5.74. The molecule has 2 unspecified atom stereocenters. The first-order valence-corrected chi connectivity index (χ1v) is 12.1. The highest BCUT2D eigenvalue weighted by Gasteiger charge is 2.50. The largest absolute Gasteiger partial charge is 0.417 e. The molecule has 0 fully saturated rings. The predicted octanol–water partition coefficient (Wildman–Crippen LogP) is 8.03. The van der Waals surface area contributed by atoms with E-state index in [0.717, 1.165) is 28.8 Å². The number of fused-ring (bicyclic) bond motifs is 5. The number of carbonyl (C=O) groups excluding carboxylic acids is 2. The van der Waals surface area contributed by atoms with E-state index < -0.39 is 29.1 Å². The summed E-state index contributed by atoms with van der Waals surface area (Å²) in [5.74, 6) is -1.75. The number of Topliss-reactive ketones (excluding diaryl/α,β-unsaturated/α-hetero) is 2. The second-order valence-electron chi connectivity index (χ2n) is 9.77. The van der Waals surface area contributed by atoms with E-state index in [-0.39, 0.29) is 17.1 Å². The van der Waals surface area contributed by atoms with E-state index in [4.69, 9.17) is 11.8 Å². The third kappa shape index (κ3) is 3.66. The predicted molar refractivity (Wildman–Crippen MR) is 139 cm³/mol. The Bertz CT molecular complexity index is 1840. The van der Waals surface area contributed by atoms with E-state index in [0.29, 0.717) is 33.5 Å². The Morgan fingerprint density at radius 2 is 1.26 bits per heavy atom. The number of benzene rings is 4. The molecular formula is C32H17F3N2O2. The van der Waals surface area contributed by atoms with Crippen molar-refractivity contribution in [1.82, 2.24) is 0 Å². The molecule has 0 saturated carbocycles. The molecule has 188 valence electrons. The van der Waals surface area contributed by atoms with E-state index in [1.165, 1.54) is 6.07 Å². The summed E-state index contributed by atoms with van der Waals surface area (Å²) in [7, 11) is 0. The van der Waals surface area contributed by atoms with Crippen molar-refractivity contribution in [2.45, 2.75) is 24.9 Å². The average Bonchev–Trinajstić information content (AvgIpc) is 3.39. The first kappa shape index (κ1) is 24.3. The Balaban J connectivity index is 1.38. The summed E-state index contributed by atoms with van der Waals surface area (Å²) < 4.78 is 40.5. The molecule has 4 aromatic carbocycles. The standard InChI is InChI=1S/C32H17F3N2O2/c1-16-11-17(7-10-27(16)37-2)18-5-8-22-24(12-18)30(38)29-23-9-6-19(13-25(23)31(39)28(22)29)20-3-4-21(15-36)26(14-20)32(33,34)35/h3-14,28-29H,1H3. The van der Waals surface area contributed by atoms with Crippen LogP contribution >= 0.6 is 0 Å². The van der Waals surface area contributed by atoms with Gasteiger partial charge in [-0.2, -0.15) is 18.4 Å². The normalized spacial score (nSPS) is 17.3. The summed E-state index contributed by atoms with van der Waals surface area (Å²) in [6.45, 7) is 9.09. The summed E-state index contributed by atoms with van der Waals surface area (Å²) in [4.78, 5) is 30.6. The van der Waals surface area contributed by atoms with Crippen LogP contribution in [0.1, 0.15) is 60.4 Å². The molecule has 2 aliphatic rings. The molecule has 2 atom stereocenters. The second kappa shape index (κ2) is 8.51. The lowest BCUT2D eigenvalue weighted by molar-refractivity contribution is -0.137. The maximum absolute atomic E-state index is 13.6. The molecule has 2 aliphatic carbocycles. The Morgan fingerprint density at radius 1 is 0.769 bits per heavy atom. The summed E-state index contributed by atoms with van der Waals surface area (Å²) >= 11 is 0. The summed E-state index contributed by atoms with van der Waals surface area (Å²) in [5, 5.41) is 9.08. The summed E-state index contributed by atoms with van der Waals surface area (Å²) in [6.07, 6.45) is -4.70. The van der Waals surface area contributed by atoms with Gasteiger partial charge >= 0.3 is 6.18 Å². The fraction of sp³-hybridized carbons (Fsp3) is 0.125. The van der Waals surface area contributed by atoms with E-state index >= 15 is 0 Å². The van der Waals surface area contributed by atoms with Gasteiger partial charge in [0.2, 0.25) is 0 Å². The molecule has 0 radical (unpaired) electrons. The highest BCUT2D eigenvalue weighted by molar-refractivity contribution is 6.20. The molecule has 39 heavy (non-hydrogen) atoms. The zero-order valence-electron chi connectivity index (χ0n) is 20.4. The van der Waals surface area contributed by atoms with Crippen LogP contribution in [0.3, 0.4) is 0 Å². The monoisotopic (exact) mass is 518 g/mol. The van der Waals surface area contributed by atoms with E-state index in [1.54, 1.807) is 42.5 Å². The van der Waals surface area contributed by atoms with Gasteiger partial charge in [0, 0.05) is 11.1 Å². The van der Waals surface area contributed by atoms with Crippen LogP contribution in [0.2, 0.25) is 0 Å². The van der Waals surface area contributed by atoms with Crippen molar-refractivity contribution in [1.29, 1.82) is 5.26 Å². The molecule has 0 bridgehead atoms. The van der Waals surface area contributed by atoms with Gasteiger partial charge in [0.05, 0.1) is 35.6 Å². The van der Waals surface area contributed by atoms with Crippen molar-refractivity contribution in [3.05, 3.63) is 123 Å². The lowest BCUT2D eigenvalue weighted by atomic mass is 9.92. The highest BCUT2D eigenvalue weighted by atomic mass is 19.4. The van der Waals surface area contributed by atoms with Crippen molar-refractivity contribution < 1.29 is 22.8 Å². The first-order chi connectivity index (χ1) is 18.6. The van der Waals surface area contributed by atoms with Gasteiger partial charge in [0.1, 0.15) is 0 Å². The minimum atomic E-state index is -4.70. The Morgan fingerprint density at radius 3 is 1.74 bits per heavy atom. The molecule has 0 spiro atoms. The minimum Gasteiger partial charge on any atom is -0.293 e. The number of nitrogens with zero attached hydrogens (tertiary/aromatic N) is 2. The maximum Gasteiger partial charge on any atom is 0.417 e. The number of alkyl halides is 3. The molecule has 0 aliphatic heterocycles. The van der Waals surface area contributed by atoms with Crippen LogP contribution in [0.4, 0.5) is 18.9 Å². The molecule has 0 saturated heterocycles. The quantitative estimate of drug-likeness (QED) is 0.252. The molecule has 4 aromatic rings. The maximum atomic E-state index is 13.6. The molecule has 4 nitrogen and oxygen atoms in total. The number of ketones is 2. The van der Waals surface area contributed by atoms with Gasteiger partial charge in [-0.25, -0.2) is 4.85 Å². The third-order valence-electron chi connectivity index (χ3n) is 7.64. The van der Waals surface area contributed by atoms with Crippen LogP contribution in [0.25, 0.3) is 27.1 Å². The number of carbonyl (C=O) groups is 2. The number of hydrogen-bond donors (Lipinski definition) is 0. The van der Waals surface area contributed by atoms with Crippen LogP contribution in [0.5, 0.6) is 0 Å². The van der Waals surface area contributed by atoms with Crippen molar-refractivity contribution in [3.63, 3.8) is 0 Å². The highest BCUT2D eigenvalue weighted by Crippen LogP contribution is 2.52. The smallest absolute Gasteiger partial charge is 0.293 e. The van der Waals surface area contributed by atoms with Gasteiger partial charge in [-0.05, 0) is 70.1 Å². The van der Waals surface area contributed by atoms with Crippen LogP contribution in [-0.4, -0.2) is 11.6 Å². The van der Waals surface area contributed by atoms with Crippen LogP contribution in [0, 0.1) is 24.8 Å². The number of rotatable bonds is 2. The molecule has 0 N–H and O–H groups in total. The lowest BCUT2D eigenvalue weighted by Crippen LogP contribution is -2.09. The van der Waals surface area contributed by atoms with Crippen molar-refractivity contribution in [2.75, 3.05) is 0 Å². The number of aryl methyl sites for hydroxylation is 1. The molecule has 0 amide bonds.